The molecular formula is C19H19N5O6S. The van der Waals surface area contributed by atoms with Gasteiger partial charge in [0, 0.05) is 11.8 Å². The number of sulfone groups is 1. The first-order valence-electron chi connectivity index (χ1n) is 9.72. The van der Waals surface area contributed by atoms with Gasteiger partial charge in [-0.15, -0.1) is 0 Å². The van der Waals surface area contributed by atoms with Crippen molar-refractivity contribution < 1.29 is 22.7 Å². The van der Waals surface area contributed by atoms with E-state index in [1.54, 1.807) is 18.2 Å². The summed E-state index contributed by atoms with van der Waals surface area (Å²) < 4.78 is 37.1. The van der Waals surface area contributed by atoms with Gasteiger partial charge in [0.05, 0.1) is 23.7 Å². The lowest BCUT2D eigenvalue weighted by atomic mass is 10.2. The second-order valence-electron chi connectivity index (χ2n) is 7.47. The van der Waals surface area contributed by atoms with E-state index in [0.717, 1.165) is 0 Å². The van der Waals surface area contributed by atoms with Gasteiger partial charge in [-0.3, -0.25) is 14.2 Å². The zero-order valence-electron chi connectivity index (χ0n) is 16.4. The Morgan fingerprint density at radius 2 is 2.03 bits per heavy atom. The highest BCUT2D eigenvalue weighted by atomic mass is 32.2. The van der Waals surface area contributed by atoms with Crippen LogP contribution in [0.5, 0.6) is 11.5 Å². The molecule has 11 nitrogen and oxygen atoms in total. The number of benzene rings is 1. The lowest BCUT2D eigenvalue weighted by molar-refractivity contribution is -0.116. The van der Waals surface area contributed by atoms with Crippen LogP contribution >= 0.6 is 0 Å². The molecule has 5 rings (SSSR count). The minimum atomic E-state index is -3.10. The van der Waals surface area contributed by atoms with E-state index in [2.05, 4.69) is 15.4 Å². The first-order valence-corrected chi connectivity index (χ1v) is 11.5. The van der Waals surface area contributed by atoms with Gasteiger partial charge < -0.3 is 14.8 Å². The van der Waals surface area contributed by atoms with E-state index in [9.17, 15) is 18.0 Å². The average molecular weight is 445 g/mol. The highest BCUT2D eigenvalue weighted by Gasteiger charge is 2.31. The third-order valence-corrected chi connectivity index (χ3v) is 7.02. The van der Waals surface area contributed by atoms with Crippen molar-refractivity contribution in [3.05, 3.63) is 41.1 Å². The molecule has 1 atom stereocenters. The summed E-state index contributed by atoms with van der Waals surface area (Å²) >= 11 is 0. The number of carbonyl (C=O) groups is 1. The fourth-order valence-corrected chi connectivity index (χ4v) is 5.48. The van der Waals surface area contributed by atoms with Crippen molar-refractivity contribution in [2.24, 2.45) is 0 Å². The summed E-state index contributed by atoms with van der Waals surface area (Å²) in [5.41, 5.74) is 0.414. The van der Waals surface area contributed by atoms with Crippen LogP contribution in [0.3, 0.4) is 0 Å². The summed E-state index contributed by atoms with van der Waals surface area (Å²) in [6, 6.07) is 4.72. The van der Waals surface area contributed by atoms with Gasteiger partial charge in [-0.25, -0.2) is 18.1 Å². The molecule has 1 saturated heterocycles. The monoisotopic (exact) mass is 445 g/mol. The maximum absolute atomic E-state index is 12.8. The number of hydrogen-bond donors (Lipinski definition) is 1. The lowest BCUT2D eigenvalue weighted by Gasteiger charge is -2.19. The van der Waals surface area contributed by atoms with Gasteiger partial charge in [0.2, 0.25) is 5.91 Å². The molecule has 1 N–H and O–H groups in total. The Hall–Kier alpha value is -3.41. The Morgan fingerprint density at radius 1 is 1.23 bits per heavy atom. The van der Waals surface area contributed by atoms with Gasteiger partial charge in [0.25, 0.3) is 5.56 Å². The fraction of sp³-hybridized carbons (Fsp3) is 0.368. The van der Waals surface area contributed by atoms with Gasteiger partial charge in [0.1, 0.15) is 31.5 Å². The number of ether oxygens (including phenoxy) is 2. The standard InChI is InChI=1S/C19H19N5O6S/c25-17(22-12-1-2-15-16(7-12)30-5-4-29-15)9-23-11-20-18-14(19(23)26)8-21-24(18)13-3-6-31(27,28)10-13/h1-2,7-8,11,13H,3-6,9-10H2,(H,22,25). The SMILES string of the molecule is O=C(Cn1cnc2c(cnn2C2CCS(=O)(=O)C2)c1=O)Nc1ccc2c(c1)OCCO2. The third kappa shape index (κ3) is 3.74. The van der Waals surface area contributed by atoms with E-state index in [-0.39, 0.29) is 29.5 Å². The fourth-order valence-electron chi connectivity index (χ4n) is 3.79. The quantitative estimate of drug-likeness (QED) is 0.608. The molecule has 162 valence electrons. The van der Waals surface area contributed by atoms with Crippen LogP contribution in [0.2, 0.25) is 0 Å². The van der Waals surface area contributed by atoms with E-state index in [1.807, 2.05) is 0 Å². The van der Waals surface area contributed by atoms with E-state index in [1.165, 1.54) is 21.8 Å². The number of hydrogen-bond acceptors (Lipinski definition) is 8. The first kappa shape index (κ1) is 19.5. The zero-order chi connectivity index (χ0) is 21.6. The maximum Gasteiger partial charge on any atom is 0.264 e. The van der Waals surface area contributed by atoms with Crippen LogP contribution in [0.25, 0.3) is 11.0 Å². The molecular weight excluding hydrogens is 426 g/mol. The third-order valence-electron chi connectivity index (χ3n) is 5.27. The van der Waals surface area contributed by atoms with Crippen molar-refractivity contribution >= 4 is 32.5 Å². The highest BCUT2D eigenvalue weighted by Crippen LogP contribution is 2.32. The van der Waals surface area contributed by atoms with E-state index in [4.69, 9.17) is 9.47 Å². The van der Waals surface area contributed by atoms with Crippen LogP contribution in [0, 0.1) is 0 Å². The van der Waals surface area contributed by atoms with Gasteiger partial charge in [-0.1, -0.05) is 0 Å². The Balaban J connectivity index is 1.34. The summed E-state index contributed by atoms with van der Waals surface area (Å²) in [6.45, 7) is 0.676. The van der Waals surface area contributed by atoms with E-state index in [0.29, 0.717) is 42.5 Å². The summed E-state index contributed by atoms with van der Waals surface area (Å²) in [6.07, 6.45) is 3.07. The van der Waals surface area contributed by atoms with Crippen molar-refractivity contribution in [3.63, 3.8) is 0 Å². The van der Waals surface area contributed by atoms with Gasteiger partial charge >= 0.3 is 0 Å². The normalized spacial score (nSPS) is 19.4. The number of amides is 1. The Bertz CT molecular complexity index is 1350. The second-order valence-corrected chi connectivity index (χ2v) is 9.70. The first-order chi connectivity index (χ1) is 14.9. The second kappa shape index (κ2) is 7.38. The molecule has 4 heterocycles. The largest absolute Gasteiger partial charge is 0.486 e. The number of nitrogens with zero attached hydrogens (tertiary/aromatic N) is 4. The summed E-state index contributed by atoms with van der Waals surface area (Å²) in [5.74, 6) is 0.824. The van der Waals surface area contributed by atoms with Crippen LogP contribution in [0.1, 0.15) is 12.5 Å². The lowest BCUT2D eigenvalue weighted by Crippen LogP contribution is -2.28. The Kier molecular flexibility index (Phi) is 4.65. The molecule has 2 aliphatic rings. The van der Waals surface area contributed by atoms with Crippen LogP contribution in [-0.4, -0.2) is 58.4 Å². The van der Waals surface area contributed by atoms with Crippen molar-refractivity contribution in [3.8, 4) is 11.5 Å². The molecule has 1 fully saturated rings. The van der Waals surface area contributed by atoms with Gasteiger partial charge in [-0.05, 0) is 18.6 Å². The molecule has 0 saturated carbocycles. The van der Waals surface area contributed by atoms with Crippen molar-refractivity contribution in [1.29, 1.82) is 0 Å². The number of nitrogens with one attached hydrogen (secondary N) is 1. The predicted octanol–water partition coefficient (Wildman–Crippen LogP) is 0.362. The number of aromatic nitrogens is 4. The topological polar surface area (TPSA) is 134 Å². The summed E-state index contributed by atoms with van der Waals surface area (Å²) in [7, 11) is -3.10. The molecule has 0 aliphatic carbocycles. The van der Waals surface area contributed by atoms with Crippen molar-refractivity contribution in [2.45, 2.75) is 19.0 Å². The van der Waals surface area contributed by atoms with Crippen molar-refractivity contribution in [2.75, 3.05) is 30.0 Å². The van der Waals surface area contributed by atoms with E-state index < -0.39 is 21.3 Å². The summed E-state index contributed by atoms with van der Waals surface area (Å²) in [4.78, 5) is 29.5. The molecule has 12 heteroatoms. The number of rotatable bonds is 4. The van der Waals surface area contributed by atoms with Crippen LogP contribution < -0.4 is 20.3 Å². The van der Waals surface area contributed by atoms with Crippen LogP contribution in [0.15, 0.2) is 35.5 Å². The maximum atomic E-state index is 12.8. The van der Waals surface area contributed by atoms with Crippen LogP contribution in [0.4, 0.5) is 5.69 Å². The molecule has 3 aromatic rings. The minimum absolute atomic E-state index is 0.0213. The smallest absolute Gasteiger partial charge is 0.264 e. The Labute approximate surface area is 176 Å². The van der Waals surface area contributed by atoms with Crippen LogP contribution in [-0.2, 0) is 21.2 Å². The van der Waals surface area contributed by atoms with Gasteiger partial charge in [-0.2, -0.15) is 5.10 Å². The summed E-state index contributed by atoms with van der Waals surface area (Å²) in [5, 5.41) is 7.14. The molecule has 0 radical (unpaired) electrons. The average Bonchev–Trinajstić information content (AvgIpc) is 3.33. The van der Waals surface area contributed by atoms with Gasteiger partial charge in [0.15, 0.2) is 27.0 Å². The minimum Gasteiger partial charge on any atom is -0.486 e. The number of anilines is 1. The number of carbonyl (C=O) groups excluding carboxylic acids is 1. The molecule has 31 heavy (non-hydrogen) atoms. The molecule has 1 unspecified atom stereocenters. The predicted molar refractivity (Wildman–Crippen MR) is 110 cm³/mol. The highest BCUT2D eigenvalue weighted by molar-refractivity contribution is 7.91. The van der Waals surface area contributed by atoms with E-state index >= 15 is 0 Å². The molecule has 0 spiro atoms. The Morgan fingerprint density at radius 3 is 2.81 bits per heavy atom. The molecule has 1 amide bonds. The zero-order valence-corrected chi connectivity index (χ0v) is 17.2. The molecule has 2 aromatic heterocycles. The van der Waals surface area contributed by atoms with Crippen molar-refractivity contribution in [1.82, 2.24) is 19.3 Å². The molecule has 2 aliphatic heterocycles. The number of fused-ring (bicyclic) bond motifs is 2. The molecule has 0 bridgehead atoms. The molecule has 1 aromatic carbocycles.